The molecular weight excluding hydrogens is 500 g/mol. The van der Waals surface area contributed by atoms with Gasteiger partial charge in [-0.2, -0.15) is 5.10 Å². The predicted molar refractivity (Wildman–Crippen MR) is 158 cm³/mol. The Kier molecular flexibility index (Phi) is 8.20. The van der Waals surface area contributed by atoms with E-state index in [-0.39, 0.29) is 5.91 Å². The summed E-state index contributed by atoms with van der Waals surface area (Å²) < 4.78 is 1.70. The second-order valence-corrected chi connectivity index (χ2v) is 10.3. The molecule has 0 atom stereocenters. The number of rotatable bonds is 6. The van der Waals surface area contributed by atoms with Gasteiger partial charge in [0.2, 0.25) is 5.95 Å². The number of aromatic nitrogens is 4. The lowest BCUT2D eigenvalue weighted by atomic mass is 10.0. The number of nitrogens with one attached hydrogen (secondary N) is 2. The van der Waals surface area contributed by atoms with Crippen LogP contribution in [-0.2, 0) is 13.6 Å². The van der Waals surface area contributed by atoms with Crippen molar-refractivity contribution >= 4 is 23.2 Å². The highest BCUT2D eigenvalue weighted by Crippen LogP contribution is 2.19. The van der Waals surface area contributed by atoms with E-state index in [9.17, 15) is 4.79 Å². The number of benzene rings is 2. The molecule has 4 aromatic rings. The van der Waals surface area contributed by atoms with Gasteiger partial charge in [0.05, 0.1) is 17.4 Å². The van der Waals surface area contributed by atoms with Gasteiger partial charge in [0.1, 0.15) is 0 Å². The Morgan fingerprint density at radius 2 is 1.68 bits per heavy atom. The molecule has 0 bridgehead atoms. The lowest BCUT2D eigenvalue weighted by Crippen LogP contribution is -2.43. The van der Waals surface area contributed by atoms with E-state index in [1.165, 1.54) is 11.1 Å². The van der Waals surface area contributed by atoms with Crippen LogP contribution in [0.15, 0.2) is 61.2 Å². The van der Waals surface area contributed by atoms with Crippen LogP contribution in [-0.4, -0.2) is 68.7 Å². The molecular formula is C31H34N8O. The third-order valence-electron chi connectivity index (χ3n) is 7.04. The Morgan fingerprint density at radius 1 is 0.900 bits per heavy atom. The first-order valence-electron chi connectivity index (χ1n) is 13.3. The van der Waals surface area contributed by atoms with Crippen molar-refractivity contribution in [2.75, 3.05) is 43.9 Å². The molecule has 40 heavy (non-hydrogen) atoms. The standard InChI is InChI=1S/C31H34N8O/c1-22-5-7-26(16-25(22)8-6-24-17-32-31(33-18-24)36-29-19-34-38(4)21-29)30(40)35-28-10-9-27(23(2)15-28)20-39-13-11-37(3)12-14-39/h5,7,9-10,15-19,21H,11-14,20H2,1-4H3,(H,35,40)(H,32,33,36). The van der Waals surface area contributed by atoms with Crippen LogP contribution in [0.5, 0.6) is 0 Å². The summed E-state index contributed by atoms with van der Waals surface area (Å²) in [6.07, 6.45) is 6.88. The van der Waals surface area contributed by atoms with Gasteiger partial charge in [0, 0.05) is 75.2 Å². The van der Waals surface area contributed by atoms with Gasteiger partial charge >= 0.3 is 0 Å². The number of aryl methyl sites for hydroxylation is 3. The van der Waals surface area contributed by atoms with Gasteiger partial charge in [0.15, 0.2) is 0 Å². The molecule has 0 radical (unpaired) electrons. The molecule has 1 fully saturated rings. The van der Waals surface area contributed by atoms with Crippen molar-refractivity contribution in [3.05, 3.63) is 94.6 Å². The minimum Gasteiger partial charge on any atom is -0.322 e. The minimum absolute atomic E-state index is 0.163. The van der Waals surface area contributed by atoms with Crippen molar-refractivity contribution in [1.29, 1.82) is 0 Å². The van der Waals surface area contributed by atoms with Gasteiger partial charge in [-0.1, -0.05) is 24.0 Å². The van der Waals surface area contributed by atoms with E-state index >= 15 is 0 Å². The highest BCUT2D eigenvalue weighted by Gasteiger charge is 2.15. The van der Waals surface area contributed by atoms with Crippen molar-refractivity contribution in [3.63, 3.8) is 0 Å². The maximum absolute atomic E-state index is 13.1. The van der Waals surface area contributed by atoms with Crippen molar-refractivity contribution in [2.24, 2.45) is 7.05 Å². The highest BCUT2D eigenvalue weighted by molar-refractivity contribution is 6.04. The maximum atomic E-state index is 13.1. The van der Waals surface area contributed by atoms with Crippen LogP contribution in [0, 0.1) is 25.7 Å². The monoisotopic (exact) mass is 534 g/mol. The van der Waals surface area contributed by atoms with Gasteiger partial charge in [0.25, 0.3) is 5.91 Å². The lowest BCUT2D eigenvalue weighted by molar-refractivity contribution is 0.102. The molecule has 204 valence electrons. The quantitative estimate of drug-likeness (QED) is 0.362. The molecule has 0 aliphatic carbocycles. The number of amides is 1. The number of likely N-dealkylation sites (N-methyl/N-ethyl adjacent to an activating group) is 1. The van der Waals surface area contributed by atoms with E-state index in [0.29, 0.717) is 17.1 Å². The third kappa shape index (κ3) is 6.91. The number of hydrogen-bond acceptors (Lipinski definition) is 7. The fourth-order valence-corrected chi connectivity index (χ4v) is 4.51. The Hall–Kier alpha value is -4.52. The zero-order chi connectivity index (χ0) is 28.1. The minimum atomic E-state index is -0.163. The maximum Gasteiger partial charge on any atom is 0.255 e. The summed E-state index contributed by atoms with van der Waals surface area (Å²) in [5.74, 6) is 6.58. The summed E-state index contributed by atoms with van der Waals surface area (Å²) in [4.78, 5) is 26.6. The largest absolute Gasteiger partial charge is 0.322 e. The zero-order valence-corrected chi connectivity index (χ0v) is 23.4. The summed E-state index contributed by atoms with van der Waals surface area (Å²) >= 11 is 0. The van der Waals surface area contributed by atoms with Crippen LogP contribution in [0.3, 0.4) is 0 Å². The molecule has 3 heterocycles. The van der Waals surface area contributed by atoms with E-state index in [1.807, 2.05) is 50.5 Å². The molecule has 0 spiro atoms. The Balaban J connectivity index is 1.22. The molecule has 0 unspecified atom stereocenters. The molecule has 2 N–H and O–H groups in total. The summed E-state index contributed by atoms with van der Waals surface area (Å²) in [6.45, 7) is 9.37. The van der Waals surface area contributed by atoms with Crippen molar-refractivity contribution in [2.45, 2.75) is 20.4 Å². The molecule has 9 heteroatoms. The smallest absolute Gasteiger partial charge is 0.255 e. The molecule has 1 saturated heterocycles. The predicted octanol–water partition coefficient (Wildman–Crippen LogP) is 3.97. The van der Waals surface area contributed by atoms with E-state index in [1.54, 1.807) is 23.3 Å². The first-order valence-corrected chi connectivity index (χ1v) is 13.3. The van der Waals surface area contributed by atoms with Crippen molar-refractivity contribution < 1.29 is 4.79 Å². The van der Waals surface area contributed by atoms with Crippen LogP contribution >= 0.6 is 0 Å². The average Bonchev–Trinajstić information content (AvgIpc) is 3.36. The topological polar surface area (TPSA) is 91.2 Å². The number of anilines is 3. The van der Waals surface area contributed by atoms with Crippen LogP contribution < -0.4 is 10.6 Å². The second-order valence-electron chi connectivity index (χ2n) is 10.3. The fourth-order valence-electron chi connectivity index (χ4n) is 4.51. The number of piperazine rings is 1. The first-order chi connectivity index (χ1) is 19.3. The molecule has 5 rings (SSSR count). The zero-order valence-electron chi connectivity index (χ0n) is 23.4. The second kappa shape index (κ2) is 12.1. The summed E-state index contributed by atoms with van der Waals surface area (Å²) in [6, 6.07) is 11.7. The van der Waals surface area contributed by atoms with E-state index < -0.39 is 0 Å². The van der Waals surface area contributed by atoms with Gasteiger partial charge in [-0.3, -0.25) is 14.4 Å². The lowest BCUT2D eigenvalue weighted by Gasteiger charge is -2.32. The Morgan fingerprint density at radius 3 is 2.38 bits per heavy atom. The van der Waals surface area contributed by atoms with Crippen LogP contribution in [0.2, 0.25) is 0 Å². The molecule has 1 aliphatic rings. The summed E-state index contributed by atoms with van der Waals surface area (Å²) in [5.41, 5.74) is 7.07. The first kappa shape index (κ1) is 27.1. The molecule has 2 aromatic carbocycles. The van der Waals surface area contributed by atoms with Crippen LogP contribution in [0.25, 0.3) is 0 Å². The van der Waals surface area contributed by atoms with Crippen LogP contribution in [0.4, 0.5) is 17.3 Å². The molecule has 0 saturated carbocycles. The molecule has 9 nitrogen and oxygen atoms in total. The van der Waals surface area contributed by atoms with Gasteiger partial charge in [-0.15, -0.1) is 0 Å². The number of carbonyl (C=O) groups excluding carboxylic acids is 1. The summed E-state index contributed by atoms with van der Waals surface area (Å²) in [5, 5.41) is 10.3. The Bertz CT molecular complexity index is 1560. The van der Waals surface area contributed by atoms with Crippen molar-refractivity contribution in [3.8, 4) is 11.8 Å². The highest BCUT2D eigenvalue weighted by atomic mass is 16.1. The number of hydrogen-bond donors (Lipinski definition) is 2. The van der Waals surface area contributed by atoms with Gasteiger partial charge in [-0.05, 0) is 61.9 Å². The fraction of sp³-hybridized carbons (Fsp3) is 0.290. The van der Waals surface area contributed by atoms with Gasteiger partial charge < -0.3 is 15.5 Å². The van der Waals surface area contributed by atoms with E-state index in [2.05, 4.69) is 67.4 Å². The number of nitrogens with zero attached hydrogens (tertiary/aromatic N) is 6. The molecule has 1 amide bonds. The average molecular weight is 535 g/mol. The third-order valence-corrected chi connectivity index (χ3v) is 7.04. The normalized spacial score (nSPS) is 13.9. The Labute approximate surface area is 235 Å². The summed E-state index contributed by atoms with van der Waals surface area (Å²) in [7, 11) is 4.01. The molecule has 1 aliphatic heterocycles. The SMILES string of the molecule is Cc1ccc(C(=O)Nc2ccc(CN3CCN(C)CC3)c(C)c2)cc1C#Cc1cnc(Nc2cnn(C)c2)nc1. The molecule has 2 aromatic heterocycles. The van der Waals surface area contributed by atoms with Gasteiger partial charge in [-0.25, -0.2) is 9.97 Å². The van der Waals surface area contributed by atoms with E-state index in [4.69, 9.17) is 0 Å². The number of carbonyl (C=O) groups is 1. The van der Waals surface area contributed by atoms with E-state index in [0.717, 1.165) is 55.2 Å². The van der Waals surface area contributed by atoms with Crippen LogP contribution in [0.1, 0.15) is 38.2 Å². The van der Waals surface area contributed by atoms with Crippen molar-refractivity contribution in [1.82, 2.24) is 29.5 Å².